The van der Waals surface area contributed by atoms with Crippen molar-refractivity contribution in [3.8, 4) is 5.75 Å². The van der Waals surface area contributed by atoms with E-state index in [0.29, 0.717) is 0 Å². The zero-order valence-corrected chi connectivity index (χ0v) is 11.8. The number of aryl methyl sites for hydroxylation is 1. The molecule has 0 amide bonds. The van der Waals surface area contributed by atoms with E-state index in [4.69, 9.17) is 10.5 Å². The van der Waals surface area contributed by atoms with Crippen LogP contribution in [0.4, 0.5) is 0 Å². The number of hydrogen-bond acceptors (Lipinski definition) is 3. The van der Waals surface area contributed by atoms with E-state index in [0.717, 1.165) is 11.3 Å². The summed E-state index contributed by atoms with van der Waals surface area (Å²) in [6.45, 7) is 6.14. The van der Waals surface area contributed by atoms with Crippen molar-refractivity contribution in [3.05, 3.63) is 51.7 Å². The Morgan fingerprint density at radius 3 is 2.61 bits per heavy atom. The number of ether oxygens (including phenoxy) is 1. The van der Waals surface area contributed by atoms with Gasteiger partial charge in [0, 0.05) is 0 Å². The maximum Gasteiger partial charge on any atom is 0.120 e. The number of benzene rings is 1. The number of nitrogens with two attached hydrogens (primary N) is 1. The second-order valence-electron chi connectivity index (χ2n) is 4.73. The molecule has 0 aliphatic carbocycles. The van der Waals surface area contributed by atoms with Crippen molar-refractivity contribution in [2.24, 2.45) is 5.73 Å². The quantitative estimate of drug-likeness (QED) is 0.906. The first kappa shape index (κ1) is 13.1. The van der Waals surface area contributed by atoms with Crippen LogP contribution in [0.2, 0.25) is 0 Å². The van der Waals surface area contributed by atoms with E-state index < -0.39 is 0 Å². The Morgan fingerprint density at radius 1 is 1.22 bits per heavy atom. The van der Waals surface area contributed by atoms with E-state index in [1.54, 1.807) is 11.3 Å². The van der Waals surface area contributed by atoms with Crippen molar-refractivity contribution in [3.63, 3.8) is 0 Å². The topological polar surface area (TPSA) is 35.2 Å². The summed E-state index contributed by atoms with van der Waals surface area (Å²) in [6.07, 6.45) is 0.180. The van der Waals surface area contributed by atoms with Crippen molar-refractivity contribution in [1.82, 2.24) is 0 Å². The van der Waals surface area contributed by atoms with Crippen molar-refractivity contribution >= 4 is 11.3 Å². The normalized spacial score (nSPS) is 12.7. The zero-order chi connectivity index (χ0) is 13.1. The molecule has 1 heterocycles. The molecule has 0 bridgehead atoms. The van der Waals surface area contributed by atoms with Crippen LogP contribution in [0.1, 0.15) is 36.6 Å². The second-order valence-corrected chi connectivity index (χ2v) is 5.47. The van der Waals surface area contributed by atoms with Crippen LogP contribution in [-0.2, 0) is 0 Å². The molecular formula is C15H19NOS. The molecule has 2 nitrogen and oxygen atoms in total. The molecule has 0 aliphatic heterocycles. The van der Waals surface area contributed by atoms with Gasteiger partial charge in [0.1, 0.15) is 5.75 Å². The highest BCUT2D eigenvalue weighted by Crippen LogP contribution is 2.27. The standard InChI is InChI=1S/C15H19NOS/c1-10(2)17-13-6-4-5-12(7-13)15(16)14-9-18-8-11(14)3/h4-10,15H,16H2,1-3H3. The fourth-order valence-corrected chi connectivity index (χ4v) is 2.81. The van der Waals surface area contributed by atoms with Gasteiger partial charge in [-0.05, 0) is 60.4 Å². The summed E-state index contributed by atoms with van der Waals surface area (Å²) in [6, 6.07) is 7.97. The molecule has 2 rings (SSSR count). The van der Waals surface area contributed by atoms with E-state index in [-0.39, 0.29) is 12.1 Å². The lowest BCUT2D eigenvalue weighted by atomic mass is 9.99. The second kappa shape index (κ2) is 5.55. The Labute approximate surface area is 112 Å². The molecule has 0 fully saturated rings. The van der Waals surface area contributed by atoms with Gasteiger partial charge in [-0.25, -0.2) is 0 Å². The Bertz CT molecular complexity index is 519. The lowest BCUT2D eigenvalue weighted by Crippen LogP contribution is -2.12. The molecule has 96 valence electrons. The predicted octanol–water partition coefficient (Wildman–Crippen LogP) is 3.89. The van der Waals surface area contributed by atoms with Gasteiger partial charge in [-0.1, -0.05) is 12.1 Å². The zero-order valence-electron chi connectivity index (χ0n) is 11.0. The maximum absolute atomic E-state index is 6.31. The average molecular weight is 261 g/mol. The molecule has 1 aromatic heterocycles. The first-order valence-corrected chi connectivity index (χ1v) is 7.07. The lowest BCUT2D eigenvalue weighted by molar-refractivity contribution is 0.242. The molecule has 2 aromatic rings. The van der Waals surface area contributed by atoms with E-state index in [2.05, 4.69) is 23.8 Å². The van der Waals surface area contributed by atoms with Crippen molar-refractivity contribution in [1.29, 1.82) is 0 Å². The summed E-state index contributed by atoms with van der Waals surface area (Å²) in [5.41, 5.74) is 9.85. The van der Waals surface area contributed by atoms with Gasteiger partial charge < -0.3 is 10.5 Å². The van der Waals surface area contributed by atoms with Crippen LogP contribution < -0.4 is 10.5 Å². The van der Waals surface area contributed by atoms with Crippen molar-refractivity contribution < 1.29 is 4.74 Å². The summed E-state index contributed by atoms with van der Waals surface area (Å²) in [4.78, 5) is 0. The highest BCUT2D eigenvalue weighted by molar-refractivity contribution is 7.08. The first-order chi connectivity index (χ1) is 8.58. The third kappa shape index (κ3) is 2.92. The number of hydrogen-bond donors (Lipinski definition) is 1. The molecule has 0 saturated carbocycles. The SMILES string of the molecule is Cc1cscc1C(N)c1cccc(OC(C)C)c1. The molecule has 0 radical (unpaired) electrons. The van der Waals surface area contributed by atoms with Crippen LogP contribution >= 0.6 is 11.3 Å². The van der Waals surface area contributed by atoms with Crippen LogP contribution in [0, 0.1) is 6.92 Å². The molecule has 0 saturated heterocycles. The molecular weight excluding hydrogens is 242 g/mol. The Kier molecular flexibility index (Phi) is 4.04. The smallest absolute Gasteiger partial charge is 0.120 e. The van der Waals surface area contributed by atoms with Crippen LogP contribution in [0.3, 0.4) is 0 Å². The van der Waals surface area contributed by atoms with Gasteiger partial charge in [-0.15, -0.1) is 0 Å². The number of thiophene rings is 1. The first-order valence-electron chi connectivity index (χ1n) is 6.13. The van der Waals surface area contributed by atoms with Crippen LogP contribution in [-0.4, -0.2) is 6.10 Å². The van der Waals surface area contributed by atoms with Crippen LogP contribution in [0.25, 0.3) is 0 Å². The molecule has 2 N–H and O–H groups in total. The van der Waals surface area contributed by atoms with Gasteiger partial charge in [0.2, 0.25) is 0 Å². The molecule has 0 aliphatic rings. The summed E-state index contributed by atoms with van der Waals surface area (Å²) in [5.74, 6) is 0.880. The van der Waals surface area contributed by atoms with Crippen molar-refractivity contribution in [2.75, 3.05) is 0 Å². The summed E-state index contributed by atoms with van der Waals surface area (Å²) < 4.78 is 5.70. The summed E-state index contributed by atoms with van der Waals surface area (Å²) in [5, 5.41) is 4.25. The van der Waals surface area contributed by atoms with Gasteiger partial charge in [0.15, 0.2) is 0 Å². The van der Waals surface area contributed by atoms with Gasteiger partial charge >= 0.3 is 0 Å². The van der Waals surface area contributed by atoms with E-state index in [1.165, 1.54) is 11.1 Å². The Morgan fingerprint density at radius 2 is 2.00 bits per heavy atom. The molecule has 3 heteroatoms. The highest BCUT2D eigenvalue weighted by atomic mass is 32.1. The van der Waals surface area contributed by atoms with Gasteiger partial charge in [-0.2, -0.15) is 11.3 Å². The van der Waals surface area contributed by atoms with Gasteiger partial charge in [-0.3, -0.25) is 0 Å². The van der Waals surface area contributed by atoms with Crippen molar-refractivity contribution in [2.45, 2.75) is 32.9 Å². The predicted molar refractivity (Wildman–Crippen MR) is 77.3 cm³/mol. The lowest BCUT2D eigenvalue weighted by Gasteiger charge is -2.15. The minimum atomic E-state index is -0.0769. The Balaban J connectivity index is 2.25. The highest BCUT2D eigenvalue weighted by Gasteiger charge is 2.13. The van der Waals surface area contributed by atoms with Gasteiger partial charge in [0.25, 0.3) is 0 Å². The van der Waals surface area contributed by atoms with E-state index in [9.17, 15) is 0 Å². The molecule has 1 unspecified atom stereocenters. The molecule has 18 heavy (non-hydrogen) atoms. The Hall–Kier alpha value is -1.32. The van der Waals surface area contributed by atoms with E-state index in [1.807, 2.05) is 32.0 Å². The fourth-order valence-electron chi connectivity index (χ4n) is 1.92. The molecule has 1 aromatic carbocycles. The molecule has 1 atom stereocenters. The fraction of sp³-hybridized carbons (Fsp3) is 0.333. The van der Waals surface area contributed by atoms with Crippen LogP contribution in [0.5, 0.6) is 5.75 Å². The average Bonchev–Trinajstić information content (AvgIpc) is 2.74. The minimum absolute atomic E-state index is 0.0769. The third-order valence-electron chi connectivity index (χ3n) is 2.82. The third-order valence-corrected chi connectivity index (χ3v) is 3.70. The largest absolute Gasteiger partial charge is 0.491 e. The van der Waals surface area contributed by atoms with Gasteiger partial charge in [0.05, 0.1) is 12.1 Å². The monoisotopic (exact) mass is 261 g/mol. The maximum atomic E-state index is 6.31. The van der Waals surface area contributed by atoms with E-state index >= 15 is 0 Å². The van der Waals surface area contributed by atoms with Crippen LogP contribution in [0.15, 0.2) is 35.0 Å². The minimum Gasteiger partial charge on any atom is -0.491 e. The molecule has 0 spiro atoms. The summed E-state index contributed by atoms with van der Waals surface area (Å²) >= 11 is 1.69. The number of rotatable bonds is 4. The summed E-state index contributed by atoms with van der Waals surface area (Å²) in [7, 11) is 0.